The van der Waals surface area contributed by atoms with Crippen molar-refractivity contribution in [3.05, 3.63) is 0 Å². The molecule has 0 N–H and O–H groups in total. The van der Waals surface area contributed by atoms with Gasteiger partial charge in [-0.25, -0.2) is 9.13 Å². The zero-order chi connectivity index (χ0) is 11.6. The second-order valence-electron chi connectivity index (χ2n) is 2.21. The molecule has 1 unspecified atom stereocenters. The molecule has 0 aromatic rings. The molecule has 0 radical (unpaired) electrons. The molecule has 0 aliphatic heterocycles. The summed E-state index contributed by atoms with van der Waals surface area (Å²) in [5.74, 6) is -4.66. The first-order chi connectivity index (χ1) is 6.02. The SMILES string of the molecule is FC(F)(F)OC(F)(CCI)C(F)(F)F. The van der Waals surface area contributed by atoms with Crippen LogP contribution in [0.3, 0.4) is 0 Å². The zero-order valence-electron chi connectivity index (χ0n) is 6.35. The van der Waals surface area contributed by atoms with Crippen LogP contribution in [0.2, 0.25) is 0 Å². The van der Waals surface area contributed by atoms with Crippen LogP contribution < -0.4 is 0 Å². The van der Waals surface area contributed by atoms with Crippen LogP contribution in [0.15, 0.2) is 0 Å². The summed E-state index contributed by atoms with van der Waals surface area (Å²) in [5, 5.41) is 0. The summed E-state index contributed by atoms with van der Waals surface area (Å²) >= 11 is 1.32. The summed E-state index contributed by atoms with van der Waals surface area (Å²) in [6.07, 6.45) is -12.8. The summed E-state index contributed by atoms with van der Waals surface area (Å²) in [6, 6.07) is 0. The molecule has 0 saturated carbocycles. The van der Waals surface area contributed by atoms with Crippen LogP contribution >= 0.6 is 22.6 Å². The first-order valence-electron chi connectivity index (χ1n) is 3.10. The lowest BCUT2D eigenvalue weighted by molar-refractivity contribution is -0.447. The lowest BCUT2D eigenvalue weighted by Gasteiger charge is -2.27. The van der Waals surface area contributed by atoms with Crippen LogP contribution in [-0.2, 0) is 4.74 Å². The lowest BCUT2D eigenvalue weighted by atomic mass is 10.2. The maximum absolute atomic E-state index is 12.7. The quantitative estimate of drug-likeness (QED) is 0.434. The van der Waals surface area contributed by atoms with E-state index in [0.717, 1.165) is 0 Å². The molecule has 0 amide bonds. The van der Waals surface area contributed by atoms with Crippen molar-refractivity contribution in [3.63, 3.8) is 0 Å². The van der Waals surface area contributed by atoms with Crippen molar-refractivity contribution in [1.82, 2.24) is 0 Å². The Bertz CT molecular complexity index is 187. The van der Waals surface area contributed by atoms with Crippen LogP contribution in [-0.4, -0.2) is 22.8 Å². The van der Waals surface area contributed by atoms with Gasteiger partial charge in [0.2, 0.25) is 0 Å². The van der Waals surface area contributed by atoms with Gasteiger partial charge in [-0.05, 0) is 0 Å². The normalized spacial score (nSPS) is 18.0. The average molecular weight is 340 g/mol. The second kappa shape index (κ2) is 4.37. The molecule has 1 atom stereocenters. The number of halogens is 8. The van der Waals surface area contributed by atoms with Gasteiger partial charge in [0.15, 0.2) is 0 Å². The third kappa shape index (κ3) is 4.15. The molecule has 9 heteroatoms. The zero-order valence-corrected chi connectivity index (χ0v) is 8.50. The molecule has 0 aliphatic rings. The number of hydrogen-bond donors (Lipinski definition) is 0. The van der Waals surface area contributed by atoms with E-state index >= 15 is 0 Å². The van der Waals surface area contributed by atoms with E-state index in [2.05, 4.69) is 4.74 Å². The molecule has 0 heterocycles. The minimum absolute atomic E-state index is 0.455. The Labute approximate surface area is 87.7 Å². The third-order valence-electron chi connectivity index (χ3n) is 1.12. The van der Waals surface area contributed by atoms with Crippen LogP contribution in [0.5, 0.6) is 0 Å². The van der Waals surface area contributed by atoms with Gasteiger partial charge in [-0.2, -0.15) is 13.2 Å². The third-order valence-corrected chi connectivity index (χ3v) is 1.66. The van der Waals surface area contributed by atoms with Crippen molar-refractivity contribution in [1.29, 1.82) is 0 Å². The van der Waals surface area contributed by atoms with E-state index in [1.54, 1.807) is 0 Å². The van der Waals surface area contributed by atoms with E-state index < -0.39 is 29.2 Å². The van der Waals surface area contributed by atoms with E-state index in [0.29, 0.717) is 0 Å². The highest BCUT2D eigenvalue weighted by Gasteiger charge is 2.61. The van der Waals surface area contributed by atoms with Crippen molar-refractivity contribution in [2.75, 3.05) is 4.43 Å². The van der Waals surface area contributed by atoms with Gasteiger partial charge in [-0.3, -0.25) is 0 Å². The van der Waals surface area contributed by atoms with Crippen LogP contribution in [0.4, 0.5) is 30.7 Å². The fraction of sp³-hybridized carbons (Fsp3) is 1.00. The summed E-state index contributed by atoms with van der Waals surface area (Å²) in [7, 11) is 0. The van der Waals surface area contributed by atoms with E-state index in [9.17, 15) is 30.7 Å². The van der Waals surface area contributed by atoms with Crippen molar-refractivity contribution in [2.24, 2.45) is 0 Å². The molecule has 0 fully saturated rings. The average Bonchev–Trinajstić information content (AvgIpc) is 1.79. The van der Waals surface area contributed by atoms with Gasteiger partial charge in [0, 0.05) is 10.8 Å². The topological polar surface area (TPSA) is 9.23 Å². The predicted molar refractivity (Wildman–Crippen MR) is 40.5 cm³/mol. The van der Waals surface area contributed by atoms with E-state index in [1.165, 1.54) is 22.6 Å². The fourth-order valence-electron chi connectivity index (χ4n) is 0.556. The standard InChI is InChI=1S/C5H4F7IO/c6-3(1-2-13,4(7,8)9)14-5(10,11)12/h1-2H2. The molecule has 0 bridgehead atoms. The Morgan fingerprint density at radius 2 is 1.36 bits per heavy atom. The highest BCUT2D eigenvalue weighted by molar-refractivity contribution is 14.1. The van der Waals surface area contributed by atoms with Crippen molar-refractivity contribution >= 4 is 22.6 Å². The molecule has 0 spiro atoms. The summed E-state index contributed by atoms with van der Waals surface area (Å²) in [6.45, 7) is 0. The van der Waals surface area contributed by atoms with Crippen molar-refractivity contribution in [2.45, 2.75) is 24.8 Å². The minimum Gasteiger partial charge on any atom is -0.245 e. The number of alkyl halides is 8. The molecule has 1 nitrogen and oxygen atoms in total. The van der Waals surface area contributed by atoms with E-state index in [1.807, 2.05) is 0 Å². The number of rotatable bonds is 3. The van der Waals surface area contributed by atoms with Gasteiger partial charge < -0.3 is 0 Å². The predicted octanol–water partition coefficient (Wildman–Crippen LogP) is 3.58. The largest absolute Gasteiger partial charge is 0.525 e. The molecule has 14 heavy (non-hydrogen) atoms. The number of hydrogen-bond acceptors (Lipinski definition) is 1. The maximum atomic E-state index is 12.7. The van der Waals surface area contributed by atoms with Crippen LogP contribution in [0, 0.1) is 0 Å². The van der Waals surface area contributed by atoms with Gasteiger partial charge in [-0.1, -0.05) is 22.6 Å². The molecule has 0 aromatic heterocycles. The van der Waals surface area contributed by atoms with Crippen LogP contribution in [0.25, 0.3) is 0 Å². The Hall–Kier alpha value is 0.200. The van der Waals surface area contributed by atoms with Gasteiger partial charge in [0.1, 0.15) is 0 Å². The van der Waals surface area contributed by atoms with E-state index in [-0.39, 0.29) is 0 Å². The molecule has 0 saturated heterocycles. The van der Waals surface area contributed by atoms with Gasteiger partial charge in [0.05, 0.1) is 0 Å². The Morgan fingerprint density at radius 1 is 0.929 bits per heavy atom. The molecule has 0 aromatic carbocycles. The highest BCUT2D eigenvalue weighted by Crippen LogP contribution is 2.42. The van der Waals surface area contributed by atoms with Gasteiger partial charge in [0.25, 0.3) is 0 Å². The number of ether oxygens (including phenoxy) is 1. The Kier molecular flexibility index (Phi) is 4.43. The Balaban J connectivity index is 4.74. The van der Waals surface area contributed by atoms with Gasteiger partial charge >= 0.3 is 18.4 Å². The van der Waals surface area contributed by atoms with Crippen molar-refractivity contribution in [3.8, 4) is 0 Å². The smallest absolute Gasteiger partial charge is 0.245 e. The molecule has 86 valence electrons. The monoisotopic (exact) mass is 340 g/mol. The first kappa shape index (κ1) is 14.2. The van der Waals surface area contributed by atoms with E-state index in [4.69, 9.17) is 0 Å². The molecular weight excluding hydrogens is 336 g/mol. The van der Waals surface area contributed by atoms with Crippen LogP contribution in [0.1, 0.15) is 6.42 Å². The lowest BCUT2D eigenvalue weighted by Crippen LogP contribution is -2.47. The molecule has 0 rings (SSSR count). The minimum atomic E-state index is -5.70. The summed E-state index contributed by atoms with van der Waals surface area (Å²) in [4.78, 5) is 0. The summed E-state index contributed by atoms with van der Waals surface area (Å²) < 4.78 is 84.5. The second-order valence-corrected chi connectivity index (χ2v) is 3.29. The maximum Gasteiger partial charge on any atom is 0.525 e. The molecule has 0 aliphatic carbocycles. The Morgan fingerprint density at radius 3 is 1.57 bits per heavy atom. The summed E-state index contributed by atoms with van der Waals surface area (Å²) in [5.41, 5.74) is 0. The van der Waals surface area contributed by atoms with Crippen molar-refractivity contribution < 1.29 is 35.5 Å². The fourth-order valence-corrected chi connectivity index (χ4v) is 1.25. The molecular formula is C5H4F7IO. The highest BCUT2D eigenvalue weighted by atomic mass is 127. The van der Waals surface area contributed by atoms with Gasteiger partial charge in [-0.15, -0.1) is 13.2 Å². The first-order valence-corrected chi connectivity index (χ1v) is 4.63.